The second-order valence-electron chi connectivity index (χ2n) is 4.07. The number of carbonyl (C=O) groups excluding carboxylic acids is 2. The van der Waals surface area contributed by atoms with Gasteiger partial charge in [-0.25, -0.2) is 0 Å². The van der Waals surface area contributed by atoms with Crippen LogP contribution in [0.1, 0.15) is 24.5 Å². The van der Waals surface area contributed by atoms with Crippen LogP contribution >= 0.6 is 0 Å². The highest BCUT2D eigenvalue weighted by atomic mass is 16.1. The second kappa shape index (κ2) is 5.44. The molecule has 0 aliphatic heterocycles. The van der Waals surface area contributed by atoms with Gasteiger partial charge in [-0.05, 0) is 12.5 Å². The number of amides is 1. The number of hydrogen-bond donors (Lipinski definition) is 2. The molecule has 1 aromatic heterocycles. The van der Waals surface area contributed by atoms with Gasteiger partial charge in [0.15, 0.2) is 0 Å². The molecule has 1 aromatic carbocycles. The molecule has 1 atom stereocenters. The highest BCUT2D eigenvalue weighted by Gasteiger charge is 2.23. The Labute approximate surface area is 105 Å². The molecule has 0 spiro atoms. The first-order valence-electron chi connectivity index (χ1n) is 5.86. The number of aromatic nitrogens is 2. The zero-order valence-electron chi connectivity index (χ0n) is 10.1. The van der Waals surface area contributed by atoms with Crippen LogP contribution in [0.25, 0.3) is 10.9 Å². The Kier molecular flexibility index (Phi) is 3.72. The van der Waals surface area contributed by atoms with Gasteiger partial charge in [-0.1, -0.05) is 18.2 Å². The Balaban J connectivity index is 2.40. The van der Waals surface area contributed by atoms with E-state index in [0.29, 0.717) is 12.8 Å². The van der Waals surface area contributed by atoms with E-state index in [2.05, 4.69) is 15.5 Å². The maximum Gasteiger partial charge on any atom is 0.228 e. The molecule has 1 amide bonds. The summed E-state index contributed by atoms with van der Waals surface area (Å²) < 4.78 is 0. The van der Waals surface area contributed by atoms with Crippen molar-refractivity contribution in [2.75, 3.05) is 7.05 Å². The minimum absolute atomic E-state index is 0.105. The van der Waals surface area contributed by atoms with Gasteiger partial charge in [0.05, 0.1) is 17.1 Å². The van der Waals surface area contributed by atoms with Gasteiger partial charge >= 0.3 is 0 Å². The predicted molar refractivity (Wildman–Crippen MR) is 68.2 cm³/mol. The van der Waals surface area contributed by atoms with E-state index in [9.17, 15) is 9.59 Å². The van der Waals surface area contributed by atoms with Crippen LogP contribution < -0.4 is 5.32 Å². The quantitative estimate of drug-likeness (QED) is 0.781. The molecule has 5 heteroatoms. The van der Waals surface area contributed by atoms with Crippen molar-refractivity contribution in [1.29, 1.82) is 0 Å². The number of nitrogens with zero attached hydrogens (tertiary/aromatic N) is 1. The third-order valence-corrected chi connectivity index (χ3v) is 2.98. The molecule has 2 N–H and O–H groups in total. The van der Waals surface area contributed by atoms with E-state index in [1.165, 1.54) is 0 Å². The predicted octanol–water partition coefficient (Wildman–Crippen LogP) is 1.37. The fourth-order valence-corrected chi connectivity index (χ4v) is 2.06. The molecule has 0 aliphatic rings. The fourth-order valence-electron chi connectivity index (χ4n) is 2.06. The first-order valence-corrected chi connectivity index (χ1v) is 5.86. The normalized spacial score (nSPS) is 12.3. The average Bonchev–Trinajstić information content (AvgIpc) is 2.83. The summed E-state index contributed by atoms with van der Waals surface area (Å²) in [4.78, 5) is 22.4. The Hall–Kier alpha value is -2.17. The van der Waals surface area contributed by atoms with Crippen molar-refractivity contribution in [2.24, 2.45) is 0 Å². The molecular formula is C13H15N3O2. The van der Waals surface area contributed by atoms with E-state index >= 15 is 0 Å². The van der Waals surface area contributed by atoms with Crippen LogP contribution in [0.5, 0.6) is 0 Å². The maximum atomic E-state index is 11.9. The smallest absolute Gasteiger partial charge is 0.228 e. The summed E-state index contributed by atoms with van der Waals surface area (Å²) in [5.41, 5.74) is 1.60. The lowest BCUT2D eigenvalue weighted by molar-refractivity contribution is -0.122. The van der Waals surface area contributed by atoms with Crippen molar-refractivity contribution in [1.82, 2.24) is 15.5 Å². The number of rotatable bonds is 5. The molecule has 5 nitrogen and oxygen atoms in total. The summed E-state index contributed by atoms with van der Waals surface area (Å²) in [6, 6.07) is 7.61. The minimum Gasteiger partial charge on any atom is -0.359 e. The monoisotopic (exact) mass is 245 g/mol. The van der Waals surface area contributed by atoms with Gasteiger partial charge in [0.25, 0.3) is 0 Å². The lowest BCUT2D eigenvalue weighted by atomic mass is 9.96. The van der Waals surface area contributed by atoms with Gasteiger partial charge in [-0.2, -0.15) is 5.10 Å². The number of carbonyl (C=O) groups is 2. The highest BCUT2D eigenvalue weighted by molar-refractivity contribution is 5.90. The average molecular weight is 245 g/mol. The van der Waals surface area contributed by atoms with Crippen LogP contribution in [0.15, 0.2) is 24.3 Å². The molecule has 0 bridgehead atoms. The maximum absolute atomic E-state index is 11.9. The molecular weight excluding hydrogens is 230 g/mol. The van der Waals surface area contributed by atoms with E-state index in [1.54, 1.807) is 7.05 Å². The van der Waals surface area contributed by atoms with Gasteiger partial charge in [-0.3, -0.25) is 9.89 Å². The largest absolute Gasteiger partial charge is 0.359 e. The number of aromatic amines is 1. The molecule has 18 heavy (non-hydrogen) atoms. The number of aldehydes is 1. The number of nitrogens with one attached hydrogen (secondary N) is 2. The summed E-state index contributed by atoms with van der Waals surface area (Å²) in [7, 11) is 1.59. The molecule has 2 aromatic rings. The van der Waals surface area contributed by atoms with E-state index in [0.717, 1.165) is 22.9 Å². The van der Waals surface area contributed by atoms with Crippen molar-refractivity contribution in [2.45, 2.75) is 18.8 Å². The molecule has 0 aliphatic carbocycles. The Morgan fingerprint density at radius 2 is 2.28 bits per heavy atom. The van der Waals surface area contributed by atoms with Crippen molar-refractivity contribution in [3.8, 4) is 0 Å². The highest BCUT2D eigenvalue weighted by Crippen LogP contribution is 2.26. The summed E-state index contributed by atoms with van der Waals surface area (Å²) in [5.74, 6) is -0.473. The SMILES string of the molecule is CNC(=O)C(CCC=O)c1[nH]nc2ccccc12. The van der Waals surface area contributed by atoms with Crippen molar-refractivity contribution < 1.29 is 9.59 Å². The Morgan fingerprint density at radius 1 is 1.50 bits per heavy atom. The van der Waals surface area contributed by atoms with E-state index < -0.39 is 0 Å². The van der Waals surface area contributed by atoms with E-state index in [-0.39, 0.29) is 11.8 Å². The number of likely N-dealkylation sites (N-methyl/N-ethyl adjacent to an activating group) is 1. The number of benzene rings is 1. The topological polar surface area (TPSA) is 74.8 Å². The van der Waals surface area contributed by atoms with Gasteiger partial charge in [0.1, 0.15) is 6.29 Å². The summed E-state index contributed by atoms with van der Waals surface area (Å²) in [6.45, 7) is 0. The van der Waals surface area contributed by atoms with Crippen molar-refractivity contribution >= 4 is 23.1 Å². The summed E-state index contributed by atoms with van der Waals surface area (Å²) in [5, 5.41) is 10.6. The summed E-state index contributed by atoms with van der Waals surface area (Å²) in [6.07, 6.45) is 1.66. The number of para-hydroxylation sites is 1. The van der Waals surface area contributed by atoms with Crippen LogP contribution in [0, 0.1) is 0 Å². The van der Waals surface area contributed by atoms with Crippen LogP contribution in [0.2, 0.25) is 0 Å². The van der Waals surface area contributed by atoms with Gasteiger partial charge in [0, 0.05) is 18.9 Å². The molecule has 0 radical (unpaired) electrons. The summed E-state index contributed by atoms with van der Waals surface area (Å²) >= 11 is 0. The molecule has 94 valence electrons. The molecule has 2 rings (SSSR count). The third-order valence-electron chi connectivity index (χ3n) is 2.98. The second-order valence-corrected chi connectivity index (χ2v) is 4.07. The van der Waals surface area contributed by atoms with Crippen LogP contribution in [0.3, 0.4) is 0 Å². The number of H-pyrrole nitrogens is 1. The lowest BCUT2D eigenvalue weighted by Crippen LogP contribution is -2.26. The minimum atomic E-state index is -0.368. The fraction of sp³-hybridized carbons (Fsp3) is 0.308. The Morgan fingerprint density at radius 3 is 3.00 bits per heavy atom. The molecule has 0 saturated carbocycles. The number of hydrogen-bond acceptors (Lipinski definition) is 3. The van der Waals surface area contributed by atoms with Crippen molar-refractivity contribution in [3.05, 3.63) is 30.0 Å². The Bertz CT molecular complexity index is 562. The van der Waals surface area contributed by atoms with Gasteiger partial charge in [0.2, 0.25) is 5.91 Å². The van der Waals surface area contributed by atoms with Gasteiger partial charge < -0.3 is 10.1 Å². The van der Waals surface area contributed by atoms with Crippen molar-refractivity contribution in [3.63, 3.8) is 0 Å². The first-order chi connectivity index (χ1) is 8.77. The van der Waals surface area contributed by atoms with Crippen LogP contribution in [-0.4, -0.2) is 29.4 Å². The molecule has 0 saturated heterocycles. The molecule has 0 fully saturated rings. The zero-order valence-corrected chi connectivity index (χ0v) is 10.1. The first kappa shape index (κ1) is 12.3. The third kappa shape index (κ3) is 2.25. The van der Waals surface area contributed by atoms with Crippen LogP contribution in [0.4, 0.5) is 0 Å². The number of fused-ring (bicyclic) bond motifs is 1. The standard InChI is InChI=1S/C13H15N3O2/c1-14-13(18)10(6-4-8-17)12-9-5-2-3-7-11(9)15-16-12/h2-3,5,7-8,10H,4,6H2,1H3,(H,14,18)(H,15,16). The van der Waals surface area contributed by atoms with E-state index in [4.69, 9.17) is 0 Å². The molecule has 1 heterocycles. The van der Waals surface area contributed by atoms with Crippen LogP contribution in [-0.2, 0) is 9.59 Å². The zero-order chi connectivity index (χ0) is 13.0. The lowest BCUT2D eigenvalue weighted by Gasteiger charge is -2.12. The van der Waals surface area contributed by atoms with E-state index in [1.807, 2.05) is 24.3 Å². The van der Waals surface area contributed by atoms with Gasteiger partial charge in [-0.15, -0.1) is 0 Å². The molecule has 1 unspecified atom stereocenters.